The van der Waals surface area contributed by atoms with Gasteiger partial charge in [-0.15, -0.1) is 0 Å². The van der Waals surface area contributed by atoms with Gasteiger partial charge in [0.25, 0.3) is 0 Å². The van der Waals surface area contributed by atoms with Gasteiger partial charge in [-0.2, -0.15) is 0 Å². The molecule has 10 nitrogen and oxygen atoms in total. The van der Waals surface area contributed by atoms with Gasteiger partial charge in [-0.05, 0) is 48.9 Å². The molecule has 3 saturated carbocycles. The summed E-state index contributed by atoms with van der Waals surface area (Å²) in [5, 5.41) is 25.3. The van der Waals surface area contributed by atoms with Crippen LogP contribution in [0.5, 0.6) is 0 Å². The van der Waals surface area contributed by atoms with Gasteiger partial charge in [-0.3, -0.25) is 9.59 Å². The molecule has 190 valence electrons. The van der Waals surface area contributed by atoms with Gasteiger partial charge in [0.05, 0.1) is 6.10 Å². The zero-order valence-electron chi connectivity index (χ0n) is 20.4. The molecule has 0 bridgehead atoms. The zero-order valence-corrected chi connectivity index (χ0v) is 20.4. The third-order valence-corrected chi connectivity index (χ3v) is 8.04. The monoisotopic (exact) mass is 479 g/mol. The number of aliphatic hydroxyl groups is 1. The van der Waals surface area contributed by atoms with Crippen LogP contribution in [0.2, 0.25) is 0 Å². The van der Waals surface area contributed by atoms with Crippen LogP contribution in [0.1, 0.15) is 66.2 Å². The van der Waals surface area contributed by atoms with Crippen molar-refractivity contribution in [2.24, 2.45) is 23.2 Å². The van der Waals surface area contributed by atoms with E-state index in [1.54, 1.807) is 20.8 Å². The first-order valence-corrected chi connectivity index (χ1v) is 12.4. The summed E-state index contributed by atoms with van der Waals surface area (Å²) in [5.41, 5.74) is -2.00. The SMILES string of the molecule is CC[C@@H]1C[C@]1(NC(=O)C1CC(O)CN1C(=O)[C@@H](NC(=O)OC1CC2C[C@H]2C1)C(C)(C)C)C(=O)O. The maximum atomic E-state index is 13.6. The number of amides is 3. The van der Waals surface area contributed by atoms with E-state index in [4.69, 9.17) is 4.74 Å². The van der Waals surface area contributed by atoms with E-state index in [9.17, 15) is 29.4 Å². The van der Waals surface area contributed by atoms with Crippen LogP contribution >= 0.6 is 0 Å². The lowest BCUT2D eigenvalue weighted by molar-refractivity contribution is -0.146. The molecule has 3 aliphatic carbocycles. The quantitative estimate of drug-likeness (QED) is 0.430. The molecule has 4 unspecified atom stereocenters. The van der Waals surface area contributed by atoms with Gasteiger partial charge in [-0.1, -0.05) is 34.1 Å². The summed E-state index contributed by atoms with van der Waals surface area (Å²) in [4.78, 5) is 52.3. The Bertz CT molecular complexity index is 861. The second-order valence-corrected chi connectivity index (χ2v) is 11.7. The largest absolute Gasteiger partial charge is 0.479 e. The predicted octanol–water partition coefficient (Wildman–Crippen LogP) is 1.26. The molecule has 0 radical (unpaired) electrons. The van der Waals surface area contributed by atoms with Gasteiger partial charge in [0.2, 0.25) is 11.8 Å². The molecule has 1 aliphatic heterocycles. The van der Waals surface area contributed by atoms with E-state index in [1.165, 1.54) is 11.3 Å². The fourth-order valence-corrected chi connectivity index (χ4v) is 5.77. The first-order chi connectivity index (χ1) is 15.9. The van der Waals surface area contributed by atoms with Gasteiger partial charge in [0, 0.05) is 13.0 Å². The number of aliphatic hydroxyl groups excluding tert-OH is 1. The molecule has 10 heteroatoms. The van der Waals surface area contributed by atoms with Gasteiger partial charge < -0.3 is 30.5 Å². The van der Waals surface area contributed by atoms with Crippen LogP contribution in [0.15, 0.2) is 0 Å². The molecule has 34 heavy (non-hydrogen) atoms. The van der Waals surface area contributed by atoms with E-state index in [-0.39, 0.29) is 25.0 Å². The Balaban J connectivity index is 1.44. The highest BCUT2D eigenvalue weighted by Crippen LogP contribution is 2.52. The van der Waals surface area contributed by atoms with E-state index >= 15 is 0 Å². The number of fused-ring (bicyclic) bond motifs is 1. The molecule has 0 aromatic rings. The lowest BCUT2D eigenvalue weighted by atomic mass is 9.85. The van der Waals surface area contributed by atoms with E-state index in [2.05, 4.69) is 10.6 Å². The molecular formula is C24H37N3O7. The van der Waals surface area contributed by atoms with Crippen molar-refractivity contribution in [2.45, 2.75) is 96.1 Å². The van der Waals surface area contributed by atoms with E-state index in [0.29, 0.717) is 24.7 Å². The Labute approximate surface area is 199 Å². The molecular weight excluding hydrogens is 442 g/mol. The Morgan fingerprint density at radius 3 is 2.29 bits per heavy atom. The summed E-state index contributed by atoms with van der Waals surface area (Å²) in [6, 6.07) is -1.99. The number of carbonyl (C=O) groups is 4. The molecule has 4 N–H and O–H groups in total. The van der Waals surface area contributed by atoms with E-state index in [0.717, 1.165) is 12.8 Å². The predicted molar refractivity (Wildman–Crippen MR) is 121 cm³/mol. The van der Waals surface area contributed by atoms with Crippen LogP contribution in [0, 0.1) is 23.2 Å². The molecule has 0 spiro atoms. The molecule has 0 aromatic carbocycles. The Morgan fingerprint density at radius 2 is 1.76 bits per heavy atom. The zero-order chi connectivity index (χ0) is 25.0. The van der Waals surface area contributed by atoms with Crippen LogP contribution < -0.4 is 10.6 Å². The highest BCUT2D eigenvalue weighted by Gasteiger charge is 2.61. The third-order valence-electron chi connectivity index (χ3n) is 8.04. The second kappa shape index (κ2) is 8.70. The lowest BCUT2D eigenvalue weighted by Gasteiger charge is -2.35. The third kappa shape index (κ3) is 4.74. The van der Waals surface area contributed by atoms with Crippen LogP contribution in [0.4, 0.5) is 4.79 Å². The summed E-state index contributed by atoms with van der Waals surface area (Å²) >= 11 is 0. The Kier molecular flexibility index (Phi) is 6.33. The summed E-state index contributed by atoms with van der Waals surface area (Å²) in [7, 11) is 0. The number of hydrogen-bond acceptors (Lipinski definition) is 6. The van der Waals surface area contributed by atoms with Crippen LogP contribution in [0.25, 0.3) is 0 Å². The minimum absolute atomic E-state index is 0.0101. The molecule has 1 heterocycles. The standard InChI is InChI=1S/C24H37N3O7/c1-5-14-10-24(14,21(31)32)26-19(29)17-9-15(28)11-27(17)20(30)18(23(2,3)4)25-22(33)34-16-7-12-6-13(12)8-16/h12-18,28H,5-11H2,1-4H3,(H,25,33)(H,26,29)(H,31,32)/t12-,13?,14+,15?,16?,17?,18+,24+/m0/s1. The minimum atomic E-state index is -1.32. The molecule has 4 rings (SSSR count). The average molecular weight is 480 g/mol. The number of carbonyl (C=O) groups excluding carboxylic acids is 3. The van der Waals surface area contributed by atoms with E-state index in [1.807, 2.05) is 6.92 Å². The molecule has 4 aliphatic rings. The van der Waals surface area contributed by atoms with Crippen molar-refractivity contribution >= 4 is 23.9 Å². The number of hydrogen-bond donors (Lipinski definition) is 4. The fourth-order valence-electron chi connectivity index (χ4n) is 5.77. The highest BCUT2D eigenvalue weighted by molar-refractivity contribution is 5.96. The topological polar surface area (TPSA) is 145 Å². The number of ether oxygens (including phenoxy) is 1. The number of aliphatic carboxylic acids is 1. The minimum Gasteiger partial charge on any atom is -0.479 e. The fraction of sp³-hybridized carbons (Fsp3) is 0.833. The maximum absolute atomic E-state index is 13.6. The first kappa shape index (κ1) is 24.8. The number of alkyl carbamates (subject to hydrolysis) is 1. The number of nitrogens with one attached hydrogen (secondary N) is 2. The maximum Gasteiger partial charge on any atom is 0.408 e. The van der Waals surface area contributed by atoms with Crippen molar-refractivity contribution in [2.75, 3.05) is 6.54 Å². The van der Waals surface area contributed by atoms with Gasteiger partial charge >= 0.3 is 12.1 Å². The van der Waals surface area contributed by atoms with Crippen LogP contribution in [0.3, 0.4) is 0 Å². The molecule has 3 amide bonds. The highest BCUT2D eigenvalue weighted by atomic mass is 16.6. The number of likely N-dealkylation sites (tertiary alicyclic amines) is 1. The smallest absolute Gasteiger partial charge is 0.408 e. The molecule has 4 fully saturated rings. The Morgan fingerprint density at radius 1 is 1.12 bits per heavy atom. The van der Waals surface area contributed by atoms with Gasteiger partial charge in [0.15, 0.2) is 0 Å². The number of carboxylic acid groups (broad SMARTS) is 1. The average Bonchev–Trinajstić information content (AvgIpc) is 3.56. The number of β-amino-alcohol motifs (C(OH)–C–C–N with tert-alkyl or cyclic N) is 1. The number of rotatable bonds is 7. The number of nitrogens with zero attached hydrogens (tertiary/aromatic N) is 1. The van der Waals surface area contributed by atoms with Crippen LogP contribution in [-0.4, -0.2) is 75.4 Å². The first-order valence-electron chi connectivity index (χ1n) is 12.4. The lowest BCUT2D eigenvalue weighted by Crippen LogP contribution is -2.59. The van der Waals surface area contributed by atoms with Crippen molar-refractivity contribution in [1.82, 2.24) is 15.5 Å². The van der Waals surface area contributed by atoms with E-state index < -0.39 is 53.0 Å². The summed E-state index contributed by atoms with van der Waals surface area (Å²) in [5.74, 6) is -1.05. The summed E-state index contributed by atoms with van der Waals surface area (Å²) in [6.45, 7) is 7.21. The summed E-state index contributed by atoms with van der Waals surface area (Å²) in [6.07, 6.45) is 2.17. The normalized spacial score (nSPS) is 36.9. The van der Waals surface area contributed by atoms with Crippen molar-refractivity contribution in [1.29, 1.82) is 0 Å². The van der Waals surface area contributed by atoms with Crippen LogP contribution in [-0.2, 0) is 19.1 Å². The van der Waals surface area contributed by atoms with Crippen molar-refractivity contribution in [3.05, 3.63) is 0 Å². The van der Waals surface area contributed by atoms with Crippen molar-refractivity contribution < 1.29 is 34.1 Å². The van der Waals surface area contributed by atoms with Crippen molar-refractivity contribution in [3.8, 4) is 0 Å². The summed E-state index contributed by atoms with van der Waals surface area (Å²) < 4.78 is 5.56. The van der Waals surface area contributed by atoms with Crippen molar-refractivity contribution in [3.63, 3.8) is 0 Å². The van der Waals surface area contributed by atoms with Gasteiger partial charge in [-0.25, -0.2) is 9.59 Å². The Hall–Kier alpha value is -2.36. The molecule has 8 atom stereocenters. The van der Waals surface area contributed by atoms with Gasteiger partial charge in [0.1, 0.15) is 23.7 Å². The second-order valence-electron chi connectivity index (χ2n) is 11.7. The molecule has 0 aromatic heterocycles. The molecule has 1 saturated heterocycles. The number of carboxylic acids is 1.